The van der Waals surface area contributed by atoms with E-state index in [0.717, 1.165) is 6.42 Å². The van der Waals surface area contributed by atoms with Crippen LogP contribution in [0.25, 0.3) is 16.9 Å². The van der Waals surface area contributed by atoms with E-state index < -0.39 is 21.2 Å². The van der Waals surface area contributed by atoms with Crippen LogP contribution in [0.2, 0.25) is 0 Å². The summed E-state index contributed by atoms with van der Waals surface area (Å²) in [6.45, 7) is 5.97. The van der Waals surface area contributed by atoms with Crippen molar-refractivity contribution in [2.24, 2.45) is 0 Å². The van der Waals surface area contributed by atoms with Crippen molar-refractivity contribution in [1.29, 1.82) is 0 Å². The van der Waals surface area contributed by atoms with Crippen LogP contribution < -0.4 is 10.3 Å². The lowest BCUT2D eigenvalue weighted by Crippen LogP contribution is -2.39. The number of sulfone groups is 1. The van der Waals surface area contributed by atoms with Gasteiger partial charge in [0.05, 0.1) is 34.1 Å². The van der Waals surface area contributed by atoms with Gasteiger partial charge in [0.25, 0.3) is 5.56 Å². The van der Waals surface area contributed by atoms with E-state index in [0.29, 0.717) is 41.4 Å². The molecule has 0 amide bonds. The summed E-state index contributed by atoms with van der Waals surface area (Å²) >= 11 is 0. The number of hydrogen-bond acceptors (Lipinski definition) is 7. The van der Waals surface area contributed by atoms with E-state index in [-0.39, 0.29) is 29.1 Å². The number of ether oxygens (including phenoxy) is 1. The Hall–Kier alpha value is -2.72. The monoisotopic (exact) mass is 446 g/mol. The summed E-state index contributed by atoms with van der Waals surface area (Å²) in [6, 6.07) is 4.56. The maximum absolute atomic E-state index is 13.0. The van der Waals surface area contributed by atoms with Crippen LogP contribution in [-0.2, 0) is 16.3 Å². The van der Waals surface area contributed by atoms with Gasteiger partial charge in [0.15, 0.2) is 21.2 Å². The summed E-state index contributed by atoms with van der Waals surface area (Å²) in [5.74, 6) is 1.31. The summed E-state index contributed by atoms with van der Waals surface area (Å²) in [4.78, 5) is 20.2. The number of hydrogen-bond donors (Lipinski definition) is 2. The quantitative estimate of drug-likeness (QED) is 0.569. The summed E-state index contributed by atoms with van der Waals surface area (Å²) in [5, 5.41) is 13.5. The van der Waals surface area contributed by atoms with E-state index in [4.69, 9.17) is 4.74 Å². The van der Waals surface area contributed by atoms with Crippen LogP contribution in [-0.4, -0.2) is 51.1 Å². The Morgan fingerprint density at radius 3 is 2.68 bits per heavy atom. The van der Waals surface area contributed by atoms with Gasteiger partial charge in [-0.25, -0.2) is 17.9 Å². The fourth-order valence-electron chi connectivity index (χ4n) is 3.88. The normalized spacial score (nSPS) is 18.8. The molecular weight excluding hydrogens is 420 g/mol. The molecule has 0 saturated heterocycles. The third-order valence-corrected chi connectivity index (χ3v) is 7.73. The molecule has 0 atom stereocenters. The second kappa shape index (κ2) is 8.08. The maximum atomic E-state index is 13.0. The minimum absolute atomic E-state index is 0.112. The average Bonchev–Trinajstić information content (AvgIpc) is 3.02. The van der Waals surface area contributed by atoms with E-state index in [1.807, 2.05) is 13.8 Å². The number of H-pyrrole nitrogens is 1. The maximum Gasteiger partial charge on any atom is 0.277 e. The number of benzene rings is 1. The molecule has 3 aromatic rings. The Balaban J connectivity index is 1.89. The molecule has 31 heavy (non-hydrogen) atoms. The van der Waals surface area contributed by atoms with Crippen molar-refractivity contribution in [3.05, 3.63) is 40.1 Å². The number of aliphatic hydroxyl groups excluding tert-OH is 1. The van der Waals surface area contributed by atoms with Gasteiger partial charge < -0.3 is 14.8 Å². The molecule has 0 radical (unpaired) electrons. The average molecular weight is 447 g/mol. The van der Waals surface area contributed by atoms with E-state index in [9.17, 15) is 18.3 Å². The molecule has 1 fully saturated rings. The highest BCUT2D eigenvalue weighted by atomic mass is 32.2. The number of imidazole rings is 1. The molecule has 0 spiro atoms. The van der Waals surface area contributed by atoms with Gasteiger partial charge in [-0.3, -0.25) is 4.79 Å². The lowest BCUT2D eigenvalue weighted by atomic mass is 9.96. The summed E-state index contributed by atoms with van der Waals surface area (Å²) in [6.07, 6.45) is 1.36. The molecule has 2 heterocycles. The van der Waals surface area contributed by atoms with E-state index >= 15 is 0 Å². The number of nitrogens with zero attached hydrogens (tertiary/aromatic N) is 3. The topological polar surface area (TPSA) is 127 Å². The van der Waals surface area contributed by atoms with Crippen LogP contribution in [0.5, 0.6) is 5.75 Å². The van der Waals surface area contributed by atoms with Crippen molar-refractivity contribution in [2.45, 2.75) is 62.7 Å². The molecule has 166 valence electrons. The second-order valence-corrected chi connectivity index (χ2v) is 10.0. The van der Waals surface area contributed by atoms with E-state index in [1.54, 1.807) is 13.0 Å². The number of aromatic nitrogens is 4. The molecule has 0 unspecified atom stereocenters. The zero-order valence-electron chi connectivity index (χ0n) is 17.8. The van der Waals surface area contributed by atoms with Gasteiger partial charge in [-0.05, 0) is 51.3 Å². The molecule has 4 rings (SSSR count). The van der Waals surface area contributed by atoms with Crippen molar-refractivity contribution in [1.82, 2.24) is 19.6 Å². The molecule has 1 aliphatic carbocycles. The van der Waals surface area contributed by atoms with Gasteiger partial charge in [0.2, 0.25) is 0 Å². The predicted octanol–water partition coefficient (Wildman–Crippen LogP) is 2.04. The standard InChI is InChI=1S/C21H26N4O5S/c1-4-6-18-22-12(3)19-21(27)23-20(24-25(18)19)16-11-14(7-8-17(16)30-5-2)31(28,29)15-9-13(26)10-15/h7-8,11,13,15,26H,4-6,9-10H2,1-3H3,(H,23,24,27). The third-order valence-electron chi connectivity index (χ3n) is 5.56. The summed E-state index contributed by atoms with van der Waals surface area (Å²) < 4.78 is 33.2. The molecular formula is C21H26N4O5S. The van der Waals surface area contributed by atoms with E-state index in [1.165, 1.54) is 16.6 Å². The van der Waals surface area contributed by atoms with Crippen LogP contribution in [0.3, 0.4) is 0 Å². The lowest BCUT2D eigenvalue weighted by Gasteiger charge is -2.31. The Morgan fingerprint density at radius 1 is 1.29 bits per heavy atom. The largest absolute Gasteiger partial charge is 0.493 e. The molecule has 0 aliphatic heterocycles. The van der Waals surface area contributed by atoms with Gasteiger partial charge in [-0.15, -0.1) is 5.10 Å². The van der Waals surface area contributed by atoms with Crippen molar-refractivity contribution in [3.63, 3.8) is 0 Å². The smallest absolute Gasteiger partial charge is 0.277 e. The van der Waals surface area contributed by atoms with Crippen molar-refractivity contribution in [2.75, 3.05) is 6.61 Å². The highest BCUT2D eigenvalue weighted by Crippen LogP contribution is 2.35. The molecule has 10 heteroatoms. The second-order valence-electron chi connectivity index (χ2n) is 7.81. The summed E-state index contributed by atoms with van der Waals surface area (Å²) in [5.41, 5.74) is 0.997. The predicted molar refractivity (Wildman–Crippen MR) is 115 cm³/mol. The third kappa shape index (κ3) is 3.74. The SMILES string of the molecule is CCCc1nc(C)c2c(=O)[nH]c(-c3cc(S(=O)(=O)C4CC(O)C4)ccc3OCC)nn12. The van der Waals surface area contributed by atoms with Crippen molar-refractivity contribution in [3.8, 4) is 17.1 Å². The number of fused-ring (bicyclic) bond motifs is 1. The minimum Gasteiger partial charge on any atom is -0.493 e. The number of nitrogens with one attached hydrogen (secondary N) is 1. The molecule has 1 aromatic carbocycles. The first kappa shape index (κ1) is 21.5. The number of aryl methyl sites for hydroxylation is 2. The van der Waals surface area contributed by atoms with Gasteiger partial charge >= 0.3 is 0 Å². The van der Waals surface area contributed by atoms with Crippen LogP contribution in [0, 0.1) is 6.92 Å². The van der Waals surface area contributed by atoms with Gasteiger partial charge in [-0.2, -0.15) is 0 Å². The Bertz CT molecular complexity index is 1290. The minimum atomic E-state index is -3.62. The Labute approximate surface area is 180 Å². The number of aromatic amines is 1. The van der Waals surface area contributed by atoms with Crippen molar-refractivity contribution < 1.29 is 18.3 Å². The van der Waals surface area contributed by atoms with Gasteiger partial charge in [0.1, 0.15) is 11.6 Å². The molecule has 9 nitrogen and oxygen atoms in total. The molecule has 1 saturated carbocycles. The first-order valence-electron chi connectivity index (χ1n) is 10.4. The zero-order valence-corrected chi connectivity index (χ0v) is 18.6. The van der Waals surface area contributed by atoms with Crippen LogP contribution in [0.15, 0.2) is 27.9 Å². The first-order chi connectivity index (χ1) is 14.8. The lowest BCUT2D eigenvalue weighted by molar-refractivity contribution is 0.0977. The number of aliphatic hydroxyl groups is 1. The van der Waals surface area contributed by atoms with Crippen molar-refractivity contribution >= 4 is 15.4 Å². The molecule has 2 N–H and O–H groups in total. The number of rotatable bonds is 7. The first-order valence-corrected chi connectivity index (χ1v) is 12.0. The van der Waals surface area contributed by atoms with Gasteiger partial charge in [-0.1, -0.05) is 6.92 Å². The van der Waals surface area contributed by atoms with Crippen LogP contribution in [0.1, 0.15) is 44.6 Å². The highest BCUT2D eigenvalue weighted by molar-refractivity contribution is 7.92. The highest BCUT2D eigenvalue weighted by Gasteiger charge is 2.39. The molecule has 0 bridgehead atoms. The fraction of sp³-hybridized carbons (Fsp3) is 0.476. The van der Waals surface area contributed by atoms with Gasteiger partial charge in [0, 0.05) is 6.42 Å². The van der Waals surface area contributed by atoms with E-state index in [2.05, 4.69) is 15.1 Å². The molecule has 1 aliphatic rings. The Kier molecular flexibility index (Phi) is 5.61. The molecule has 2 aromatic heterocycles. The summed E-state index contributed by atoms with van der Waals surface area (Å²) in [7, 11) is -3.62. The fourth-order valence-corrected chi connectivity index (χ4v) is 5.75. The van der Waals surface area contributed by atoms with Crippen LogP contribution in [0.4, 0.5) is 0 Å². The van der Waals surface area contributed by atoms with Crippen LogP contribution >= 0.6 is 0 Å². The Morgan fingerprint density at radius 2 is 2.03 bits per heavy atom. The zero-order chi connectivity index (χ0) is 22.3.